The van der Waals surface area contributed by atoms with Gasteiger partial charge in [-0.1, -0.05) is 0 Å². The number of nitrogens with zero attached hydrogens (tertiary/aromatic N) is 1. The van der Waals surface area contributed by atoms with Gasteiger partial charge < -0.3 is 9.84 Å². The van der Waals surface area contributed by atoms with Crippen LogP contribution in [0.5, 0.6) is 5.75 Å². The molecule has 0 saturated carbocycles. The Morgan fingerprint density at radius 2 is 2.33 bits per heavy atom. The molecule has 0 unspecified atom stereocenters. The first-order valence-corrected chi connectivity index (χ1v) is 4.06. The monoisotopic (exact) mass is 217 g/mol. The number of carbonyl (C=O) groups is 1. The van der Waals surface area contributed by atoms with Crippen LogP contribution in [0.2, 0.25) is 0 Å². The predicted molar refractivity (Wildman–Crippen MR) is 46.9 cm³/mol. The van der Waals surface area contributed by atoms with Crippen LogP contribution in [0.3, 0.4) is 0 Å². The topological polar surface area (TPSA) is 59.4 Å². The van der Waals surface area contributed by atoms with Gasteiger partial charge in [0.05, 0.1) is 7.11 Å². The highest BCUT2D eigenvalue weighted by Gasteiger charge is 2.38. The number of carboxylic acids is 1. The van der Waals surface area contributed by atoms with Crippen molar-refractivity contribution in [3.63, 3.8) is 0 Å². The molecule has 0 radical (unpaired) electrons. The van der Waals surface area contributed by atoms with E-state index < -0.39 is 24.0 Å². The number of ether oxygens (including phenoxy) is 1. The summed E-state index contributed by atoms with van der Waals surface area (Å²) < 4.78 is 31.3. The Hall–Kier alpha value is -1.72. The molecule has 1 aromatic rings. The third-order valence-corrected chi connectivity index (χ3v) is 1.71. The summed E-state index contributed by atoms with van der Waals surface area (Å²) in [6, 6.07) is 2.73. The number of hydrogen-bond donors (Lipinski definition) is 1. The lowest BCUT2D eigenvalue weighted by Gasteiger charge is -2.15. The fraction of sp³-hybridized carbons (Fsp3) is 0.333. The van der Waals surface area contributed by atoms with Gasteiger partial charge in [-0.2, -0.15) is 8.78 Å². The van der Waals surface area contributed by atoms with Gasteiger partial charge in [-0.05, 0) is 12.1 Å². The molecule has 0 saturated heterocycles. The lowest BCUT2D eigenvalue weighted by molar-refractivity contribution is -0.145. The van der Waals surface area contributed by atoms with E-state index in [1.165, 1.54) is 19.2 Å². The van der Waals surface area contributed by atoms with Crippen molar-refractivity contribution < 1.29 is 23.4 Å². The molecule has 1 rings (SSSR count). The fourth-order valence-corrected chi connectivity index (χ4v) is 1.10. The largest absolute Gasteiger partial charge is 0.495 e. The Morgan fingerprint density at radius 1 is 1.67 bits per heavy atom. The first-order valence-electron chi connectivity index (χ1n) is 4.06. The number of alkyl halides is 2. The normalized spacial score (nSPS) is 11.1. The SMILES string of the molecule is COc1cccnc1C(F)(F)CC(=O)O. The van der Waals surface area contributed by atoms with E-state index in [1.54, 1.807) is 0 Å². The van der Waals surface area contributed by atoms with Gasteiger partial charge in [-0.15, -0.1) is 0 Å². The van der Waals surface area contributed by atoms with Crippen molar-refractivity contribution in [1.29, 1.82) is 0 Å². The molecule has 0 aliphatic carbocycles. The summed E-state index contributed by atoms with van der Waals surface area (Å²) in [6.45, 7) is 0. The average molecular weight is 217 g/mol. The van der Waals surface area contributed by atoms with Crippen LogP contribution in [0.15, 0.2) is 18.3 Å². The summed E-state index contributed by atoms with van der Waals surface area (Å²) in [5.74, 6) is -5.24. The van der Waals surface area contributed by atoms with Crippen molar-refractivity contribution in [1.82, 2.24) is 4.98 Å². The summed E-state index contributed by atoms with van der Waals surface area (Å²) >= 11 is 0. The van der Waals surface area contributed by atoms with E-state index in [4.69, 9.17) is 5.11 Å². The molecule has 0 fully saturated rings. The summed E-state index contributed by atoms with van der Waals surface area (Å²) in [7, 11) is 1.22. The van der Waals surface area contributed by atoms with E-state index in [0.29, 0.717) is 0 Å². The van der Waals surface area contributed by atoms with Gasteiger partial charge in [0.15, 0.2) is 5.69 Å². The number of halogens is 2. The van der Waals surface area contributed by atoms with Gasteiger partial charge >= 0.3 is 11.9 Å². The van der Waals surface area contributed by atoms with E-state index >= 15 is 0 Å². The van der Waals surface area contributed by atoms with E-state index in [1.807, 2.05) is 0 Å². The molecule has 0 aliphatic heterocycles. The first kappa shape index (κ1) is 11.4. The lowest BCUT2D eigenvalue weighted by atomic mass is 10.1. The molecule has 1 aromatic heterocycles. The Labute approximate surface area is 84.5 Å². The number of aromatic nitrogens is 1. The zero-order valence-electron chi connectivity index (χ0n) is 7.91. The molecule has 0 aromatic carbocycles. The Bertz CT molecular complexity index is 368. The average Bonchev–Trinajstić information content (AvgIpc) is 2.16. The molecule has 6 heteroatoms. The molecule has 1 heterocycles. The minimum absolute atomic E-state index is 0.122. The Morgan fingerprint density at radius 3 is 2.87 bits per heavy atom. The van der Waals surface area contributed by atoms with Crippen LogP contribution < -0.4 is 4.74 Å². The van der Waals surface area contributed by atoms with Crippen LogP contribution in [0, 0.1) is 0 Å². The second-order valence-electron chi connectivity index (χ2n) is 2.83. The molecule has 0 amide bonds. The summed E-state index contributed by atoms with van der Waals surface area (Å²) in [6.07, 6.45) is -0.145. The van der Waals surface area contributed by atoms with Crippen molar-refractivity contribution in [2.45, 2.75) is 12.3 Å². The van der Waals surface area contributed by atoms with E-state index in [0.717, 1.165) is 6.20 Å². The van der Waals surface area contributed by atoms with Gasteiger partial charge in [0, 0.05) is 6.20 Å². The highest BCUT2D eigenvalue weighted by Crippen LogP contribution is 2.35. The third-order valence-electron chi connectivity index (χ3n) is 1.71. The number of aliphatic carboxylic acids is 1. The maximum absolute atomic E-state index is 13.3. The van der Waals surface area contributed by atoms with E-state index in [-0.39, 0.29) is 5.75 Å². The number of rotatable bonds is 4. The van der Waals surface area contributed by atoms with Crippen molar-refractivity contribution in [2.75, 3.05) is 7.11 Å². The summed E-state index contributed by atoms with van der Waals surface area (Å²) in [5, 5.41) is 8.33. The van der Waals surface area contributed by atoms with E-state index in [2.05, 4.69) is 9.72 Å². The smallest absolute Gasteiger partial charge is 0.309 e. The minimum atomic E-state index is -3.53. The molecular weight excluding hydrogens is 208 g/mol. The van der Waals surface area contributed by atoms with Crippen LogP contribution in [0.1, 0.15) is 12.1 Å². The van der Waals surface area contributed by atoms with Crippen molar-refractivity contribution >= 4 is 5.97 Å². The second-order valence-corrected chi connectivity index (χ2v) is 2.83. The number of hydrogen-bond acceptors (Lipinski definition) is 3. The Balaban J connectivity index is 3.07. The molecule has 0 aliphatic rings. The molecular formula is C9H9F2NO3. The van der Waals surface area contributed by atoms with Crippen LogP contribution in [-0.4, -0.2) is 23.2 Å². The maximum Gasteiger partial charge on any atom is 0.309 e. The predicted octanol–water partition coefficient (Wildman–Crippen LogP) is 1.66. The van der Waals surface area contributed by atoms with Crippen molar-refractivity contribution in [3.8, 4) is 5.75 Å². The highest BCUT2D eigenvalue weighted by molar-refractivity contribution is 5.68. The van der Waals surface area contributed by atoms with Gasteiger partial charge in [0.2, 0.25) is 0 Å². The molecule has 0 spiro atoms. The molecule has 15 heavy (non-hydrogen) atoms. The zero-order valence-corrected chi connectivity index (χ0v) is 7.91. The molecule has 0 bridgehead atoms. The van der Waals surface area contributed by atoms with Gasteiger partial charge in [-0.3, -0.25) is 9.78 Å². The van der Waals surface area contributed by atoms with Gasteiger partial charge in [-0.25, -0.2) is 0 Å². The standard InChI is InChI=1S/C9H9F2NO3/c1-15-6-3-2-4-12-8(6)9(10,11)5-7(13)14/h2-4H,5H2,1H3,(H,13,14). The Kier molecular flexibility index (Phi) is 3.18. The van der Waals surface area contributed by atoms with Crippen molar-refractivity contribution in [2.24, 2.45) is 0 Å². The van der Waals surface area contributed by atoms with Crippen LogP contribution in [0.4, 0.5) is 8.78 Å². The minimum Gasteiger partial charge on any atom is -0.495 e. The highest BCUT2D eigenvalue weighted by atomic mass is 19.3. The summed E-state index contributed by atoms with van der Waals surface area (Å²) in [4.78, 5) is 13.7. The molecule has 1 N–H and O–H groups in total. The summed E-state index contributed by atoms with van der Waals surface area (Å²) in [5.41, 5.74) is -0.657. The quantitative estimate of drug-likeness (QED) is 0.833. The lowest BCUT2D eigenvalue weighted by Crippen LogP contribution is -2.20. The van der Waals surface area contributed by atoms with E-state index in [9.17, 15) is 13.6 Å². The number of carboxylic acid groups (broad SMARTS) is 1. The molecule has 0 atom stereocenters. The first-order chi connectivity index (χ1) is 6.97. The fourth-order valence-electron chi connectivity index (χ4n) is 1.10. The van der Waals surface area contributed by atoms with Gasteiger partial charge in [0.1, 0.15) is 12.2 Å². The number of pyridine rings is 1. The van der Waals surface area contributed by atoms with Gasteiger partial charge in [0.25, 0.3) is 0 Å². The van der Waals surface area contributed by atoms with Crippen molar-refractivity contribution in [3.05, 3.63) is 24.0 Å². The maximum atomic E-state index is 13.3. The zero-order chi connectivity index (χ0) is 11.5. The van der Waals surface area contributed by atoms with Crippen LogP contribution in [0.25, 0.3) is 0 Å². The van der Waals surface area contributed by atoms with Crippen LogP contribution >= 0.6 is 0 Å². The second kappa shape index (κ2) is 4.20. The molecule has 82 valence electrons. The third kappa shape index (κ3) is 2.61. The van der Waals surface area contributed by atoms with Crippen LogP contribution in [-0.2, 0) is 10.7 Å². The number of methoxy groups -OCH3 is 1. The molecule has 4 nitrogen and oxygen atoms in total.